The van der Waals surface area contributed by atoms with E-state index in [0.29, 0.717) is 22.7 Å². The average Bonchev–Trinajstić information content (AvgIpc) is 3.17. The number of fused-ring (bicyclic) bond motifs is 1. The first-order chi connectivity index (χ1) is 12.0. The Balaban J connectivity index is 1.52. The summed E-state index contributed by atoms with van der Waals surface area (Å²) in [5, 5.41) is 12.6. The highest BCUT2D eigenvalue weighted by Gasteiger charge is 2.45. The second-order valence-corrected chi connectivity index (χ2v) is 7.39. The first kappa shape index (κ1) is 16.9. The van der Waals surface area contributed by atoms with Crippen LogP contribution in [-0.4, -0.2) is 40.9 Å². The van der Waals surface area contributed by atoms with Gasteiger partial charge < -0.3 is 10.0 Å². The minimum atomic E-state index is 0.0639. The van der Waals surface area contributed by atoms with E-state index in [1.165, 1.54) is 0 Å². The van der Waals surface area contributed by atoms with Crippen molar-refractivity contribution in [3.63, 3.8) is 0 Å². The molecule has 0 saturated carbocycles. The van der Waals surface area contributed by atoms with Crippen molar-refractivity contribution in [2.24, 2.45) is 5.92 Å². The molecule has 2 saturated heterocycles. The molecule has 2 aliphatic rings. The maximum atomic E-state index is 9.73. The van der Waals surface area contributed by atoms with Crippen LogP contribution in [0.1, 0.15) is 18.5 Å². The number of nitrogens with zero attached hydrogens (tertiary/aromatic N) is 3. The van der Waals surface area contributed by atoms with Gasteiger partial charge in [0.25, 0.3) is 0 Å². The molecule has 1 aromatic heterocycles. The van der Waals surface area contributed by atoms with E-state index in [2.05, 4.69) is 21.9 Å². The van der Waals surface area contributed by atoms with E-state index < -0.39 is 0 Å². The molecular weight excluding hydrogens is 361 g/mol. The molecule has 0 bridgehead atoms. The van der Waals surface area contributed by atoms with Crippen LogP contribution < -0.4 is 4.90 Å². The fourth-order valence-corrected chi connectivity index (χ4v) is 3.97. The normalized spacial score (nSPS) is 24.5. The van der Waals surface area contributed by atoms with Crippen molar-refractivity contribution in [1.29, 1.82) is 0 Å². The summed E-state index contributed by atoms with van der Waals surface area (Å²) >= 11 is 12.0. The Hall–Kier alpha value is -1.53. The number of anilines is 1. The molecule has 4 rings (SSSR count). The minimum absolute atomic E-state index is 0.0639. The first-order valence-corrected chi connectivity index (χ1v) is 9.04. The van der Waals surface area contributed by atoms with Crippen molar-refractivity contribution in [3.8, 4) is 5.75 Å². The topological polar surface area (TPSA) is 48.8 Å². The third-order valence-corrected chi connectivity index (χ3v) is 5.74. The standard InChI is InChI=1S/C18H19Cl2N3O2/c1-11(12-3-2-4-15(24)5-12)23-17-9-22(8-13(17)10-25-23)14-6-16(19)18(20)21-7-14/h2-7,11,13,17,24H,8-10H2,1H3/t11-,13?,17?/m0/s1. The summed E-state index contributed by atoms with van der Waals surface area (Å²) in [4.78, 5) is 12.4. The highest BCUT2D eigenvalue weighted by atomic mass is 35.5. The van der Waals surface area contributed by atoms with Gasteiger partial charge in [-0.05, 0) is 30.7 Å². The Labute approximate surface area is 156 Å². The quantitative estimate of drug-likeness (QED) is 0.819. The van der Waals surface area contributed by atoms with Gasteiger partial charge in [-0.25, -0.2) is 4.98 Å². The van der Waals surface area contributed by atoms with Crippen LogP contribution in [0.5, 0.6) is 5.75 Å². The number of rotatable bonds is 3. The molecule has 2 aliphatic heterocycles. The zero-order chi connectivity index (χ0) is 17.6. The number of hydroxylamine groups is 2. The molecule has 2 unspecified atom stereocenters. The Morgan fingerprint density at radius 1 is 1.28 bits per heavy atom. The molecule has 0 aliphatic carbocycles. The summed E-state index contributed by atoms with van der Waals surface area (Å²) in [7, 11) is 0. The maximum Gasteiger partial charge on any atom is 0.147 e. The van der Waals surface area contributed by atoms with Gasteiger partial charge in [0.05, 0.1) is 35.6 Å². The van der Waals surface area contributed by atoms with Gasteiger partial charge in [0, 0.05) is 19.0 Å². The van der Waals surface area contributed by atoms with Crippen LogP contribution in [0.15, 0.2) is 36.5 Å². The second kappa shape index (κ2) is 6.65. The maximum absolute atomic E-state index is 9.73. The fraction of sp³-hybridized carbons (Fsp3) is 0.389. The summed E-state index contributed by atoms with van der Waals surface area (Å²) in [5.74, 6) is 0.698. The molecule has 2 aromatic rings. The molecule has 1 N–H and O–H groups in total. The predicted octanol–water partition coefficient (Wildman–Crippen LogP) is 3.91. The zero-order valence-corrected chi connectivity index (χ0v) is 15.3. The third kappa shape index (κ3) is 3.17. The van der Waals surface area contributed by atoms with Crippen LogP contribution >= 0.6 is 23.2 Å². The number of hydrogen-bond acceptors (Lipinski definition) is 5. The molecule has 3 atom stereocenters. The predicted molar refractivity (Wildman–Crippen MR) is 98.1 cm³/mol. The molecular formula is C18H19Cl2N3O2. The lowest BCUT2D eigenvalue weighted by molar-refractivity contribution is -0.158. The lowest BCUT2D eigenvalue weighted by atomic mass is 10.0. The fourth-order valence-electron chi connectivity index (χ4n) is 3.71. The summed E-state index contributed by atoms with van der Waals surface area (Å²) in [5.41, 5.74) is 2.02. The molecule has 0 amide bonds. The molecule has 0 radical (unpaired) electrons. The number of phenolic OH excluding ortho intramolecular Hbond substituents is 1. The summed E-state index contributed by atoms with van der Waals surface area (Å²) in [6.07, 6.45) is 1.76. The molecule has 5 nitrogen and oxygen atoms in total. The first-order valence-electron chi connectivity index (χ1n) is 8.29. The Morgan fingerprint density at radius 3 is 2.88 bits per heavy atom. The number of aromatic nitrogens is 1. The Morgan fingerprint density at radius 2 is 2.12 bits per heavy atom. The number of phenols is 1. The van der Waals surface area contributed by atoms with E-state index >= 15 is 0 Å². The van der Waals surface area contributed by atoms with E-state index in [0.717, 1.165) is 24.3 Å². The smallest absolute Gasteiger partial charge is 0.147 e. The monoisotopic (exact) mass is 379 g/mol. The summed E-state index contributed by atoms with van der Waals surface area (Å²) in [6.45, 7) is 4.53. The van der Waals surface area contributed by atoms with Gasteiger partial charge in [0.1, 0.15) is 10.9 Å². The Kier molecular flexibility index (Phi) is 4.50. The van der Waals surface area contributed by atoms with Crippen molar-refractivity contribution < 1.29 is 9.94 Å². The van der Waals surface area contributed by atoms with Crippen LogP contribution in [0.4, 0.5) is 5.69 Å². The van der Waals surface area contributed by atoms with Crippen molar-refractivity contribution in [1.82, 2.24) is 10.0 Å². The minimum Gasteiger partial charge on any atom is -0.508 e. The zero-order valence-electron chi connectivity index (χ0n) is 13.8. The lowest BCUT2D eigenvalue weighted by Crippen LogP contribution is -2.36. The van der Waals surface area contributed by atoms with E-state index in [4.69, 9.17) is 28.0 Å². The van der Waals surface area contributed by atoms with Gasteiger partial charge in [-0.2, -0.15) is 5.06 Å². The van der Waals surface area contributed by atoms with E-state index in [1.54, 1.807) is 18.3 Å². The molecule has 132 valence electrons. The van der Waals surface area contributed by atoms with Crippen LogP contribution in [-0.2, 0) is 4.84 Å². The van der Waals surface area contributed by atoms with Crippen molar-refractivity contribution in [3.05, 3.63) is 52.3 Å². The van der Waals surface area contributed by atoms with E-state index in [-0.39, 0.29) is 17.8 Å². The summed E-state index contributed by atoms with van der Waals surface area (Å²) in [6, 6.07) is 9.55. The van der Waals surface area contributed by atoms with E-state index in [1.807, 2.05) is 18.2 Å². The lowest BCUT2D eigenvalue weighted by Gasteiger charge is -2.29. The van der Waals surface area contributed by atoms with Crippen molar-refractivity contribution >= 4 is 28.9 Å². The van der Waals surface area contributed by atoms with Gasteiger partial charge in [-0.3, -0.25) is 4.84 Å². The van der Waals surface area contributed by atoms with Crippen LogP contribution in [0.3, 0.4) is 0 Å². The number of pyridine rings is 1. The van der Waals surface area contributed by atoms with Crippen LogP contribution in [0.25, 0.3) is 0 Å². The van der Waals surface area contributed by atoms with Gasteiger partial charge in [-0.1, -0.05) is 35.3 Å². The number of halogens is 2. The largest absolute Gasteiger partial charge is 0.508 e. The van der Waals surface area contributed by atoms with Gasteiger partial charge in [-0.15, -0.1) is 0 Å². The third-order valence-electron chi connectivity index (χ3n) is 5.05. The molecule has 0 spiro atoms. The van der Waals surface area contributed by atoms with Crippen molar-refractivity contribution in [2.45, 2.75) is 19.0 Å². The number of benzene rings is 1. The van der Waals surface area contributed by atoms with Gasteiger partial charge >= 0.3 is 0 Å². The van der Waals surface area contributed by atoms with Gasteiger partial charge in [0.15, 0.2) is 0 Å². The molecule has 3 heterocycles. The molecule has 2 fully saturated rings. The van der Waals surface area contributed by atoms with Crippen molar-refractivity contribution in [2.75, 3.05) is 24.6 Å². The average molecular weight is 380 g/mol. The second-order valence-electron chi connectivity index (χ2n) is 6.63. The number of hydrogen-bond donors (Lipinski definition) is 1. The van der Waals surface area contributed by atoms with Gasteiger partial charge in [0.2, 0.25) is 0 Å². The van der Waals surface area contributed by atoms with E-state index in [9.17, 15) is 5.11 Å². The number of aromatic hydroxyl groups is 1. The van der Waals surface area contributed by atoms with Crippen LogP contribution in [0.2, 0.25) is 10.2 Å². The highest BCUT2D eigenvalue weighted by molar-refractivity contribution is 6.41. The molecule has 25 heavy (non-hydrogen) atoms. The summed E-state index contributed by atoms with van der Waals surface area (Å²) < 4.78 is 0. The van der Waals surface area contributed by atoms with Crippen LogP contribution in [0, 0.1) is 5.92 Å². The molecule has 7 heteroatoms. The Bertz CT molecular complexity index is 789. The SMILES string of the molecule is C[C@@H](c1cccc(O)c1)N1OCC2CN(c3cnc(Cl)c(Cl)c3)CC21. The highest BCUT2D eigenvalue weighted by Crippen LogP contribution is 2.38. The molecule has 1 aromatic carbocycles.